The third-order valence-electron chi connectivity index (χ3n) is 5.80. The van der Waals surface area contributed by atoms with Gasteiger partial charge >= 0.3 is 5.97 Å². The molecule has 2 heteroatoms. The second kappa shape index (κ2) is 23.5. The first-order valence-electron chi connectivity index (χ1n) is 13.0. The van der Waals surface area contributed by atoms with Crippen molar-refractivity contribution in [3.63, 3.8) is 0 Å². The molecule has 0 aromatic heterocycles. The number of hydrogen-bond acceptors (Lipinski definition) is 2. The Morgan fingerprint density at radius 3 is 1.62 bits per heavy atom. The molecule has 2 nitrogen and oxygen atoms in total. The molecule has 29 heavy (non-hydrogen) atoms. The molecule has 0 heterocycles. The first kappa shape index (κ1) is 28.2. The minimum atomic E-state index is -0.0809. The zero-order valence-electron chi connectivity index (χ0n) is 20.2. The standard InChI is InChI=1S/C27H52O2/c1-4-6-7-8-9-10-11-12-13-14-15-16-17-18-19-20-23-26(3)24-21-22-25-27(28)29-5-2/h21,24,26H,4-20,22-23,25H2,1-3H3/b24-21+. The predicted octanol–water partition coefficient (Wildman–Crippen LogP) is 9.17. The Morgan fingerprint density at radius 2 is 1.17 bits per heavy atom. The van der Waals surface area contributed by atoms with Gasteiger partial charge < -0.3 is 4.74 Å². The van der Waals surface area contributed by atoms with E-state index in [1.165, 1.54) is 109 Å². The lowest BCUT2D eigenvalue weighted by Crippen LogP contribution is -2.02. The van der Waals surface area contributed by atoms with Gasteiger partial charge in [0.05, 0.1) is 6.61 Å². The average Bonchev–Trinajstić information content (AvgIpc) is 2.71. The molecule has 0 aliphatic heterocycles. The van der Waals surface area contributed by atoms with Gasteiger partial charge in [-0.15, -0.1) is 0 Å². The molecule has 0 amide bonds. The molecule has 0 aliphatic carbocycles. The summed E-state index contributed by atoms with van der Waals surface area (Å²) in [5, 5.41) is 0. The van der Waals surface area contributed by atoms with Gasteiger partial charge in [-0.25, -0.2) is 0 Å². The summed E-state index contributed by atoms with van der Waals surface area (Å²) in [6.07, 6.45) is 29.8. The van der Waals surface area contributed by atoms with Crippen LogP contribution >= 0.6 is 0 Å². The molecule has 0 aromatic carbocycles. The first-order valence-corrected chi connectivity index (χ1v) is 13.0. The largest absolute Gasteiger partial charge is 0.466 e. The van der Waals surface area contributed by atoms with E-state index >= 15 is 0 Å². The summed E-state index contributed by atoms with van der Waals surface area (Å²) in [5.41, 5.74) is 0. The molecule has 0 fully saturated rings. The van der Waals surface area contributed by atoms with Crippen molar-refractivity contribution in [2.45, 2.75) is 143 Å². The Kier molecular flexibility index (Phi) is 22.8. The number of hydrogen-bond donors (Lipinski definition) is 0. The minimum Gasteiger partial charge on any atom is -0.466 e. The summed E-state index contributed by atoms with van der Waals surface area (Å²) in [6.45, 7) is 6.91. The molecule has 0 spiro atoms. The average molecular weight is 409 g/mol. The van der Waals surface area contributed by atoms with E-state index in [0.717, 1.165) is 6.42 Å². The highest BCUT2D eigenvalue weighted by atomic mass is 16.5. The van der Waals surface area contributed by atoms with E-state index in [4.69, 9.17) is 4.74 Å². The summed E-state index contributed by atoms with van der Waals surface area (Å²) < 4.78 is 4.94. The van der Waals surface area contributed by atoms with Crippen molar-refractivity contribution in [3.8, 4) is 0 Å². The lowest BCUT2D eigenvalue weighted by atomic mass is 10.0. The van der Waals surface area contributed by atoms with E-state index in [-0.39, 0.29) is 5.97 Å². The molecule has 172 valence electrons. The van der Waals surface area contributed by atoms with Gasteiger partial charge in [0, 0.05) is 6.42 Å². The number of unbranched alkanes of at least 4 members (excludes halogenated alkanes) is 15. The van der Waals surface area contributed by atoms with Crippen LogP contribution < -0.4 is 0 Å². The van der Waals surface area contributed by atoms with Crippen LogP contribution in [0.1, 0.15) is 143 Å². The van der Waals surface area contributed by atoms with E-state index < -0.39 is 0 Å². The van der Waals surface area contributed by atoms with Crippen LogP contribution in [0, 0.1) is 5.92 Å². The number of ether oxygens (including phenoxy) is 1. The molecule has 0 saturated heterocycles. The second-order valence-electron chi connectivity index (χ2n) is 8.84. The Balaban J connectivity index is 3.23. The molecule has 0 aliphatic rings. The van der Waals surface area contributed by atoms with Crippen LogP contribution in [0.25, 0.3) is 0 Å². The predicted molar refractivity (Wildman–Crippen MR) is 128 cm³/mol. The highest BCUT2D eigenvalue weighted by Gasteiger charge is 2.00. The van der Waals surface area contributed by atoms with Crippen molar-refractivity contribution in [3.05, 3.63) is 12.2 Å². The quantitative estimate of drug-likeness (QED) is 0.101. The van der Waals surface area contributed by atoms with E-state index in [0.29, 0.717) is 18.9 Å². The molecule has 0 bridgehead atoms. The van der Waals surface area contributed by atoms with E-state index in [1.54, 1.807) is 0 Å². The minimum absolute atomic E-state index is 0.0809. The Bertz CT molecular complexity index is 362. The number of esters is 1. The van der Waals surface area contributed by atoms with Gasteiger partial charge in [-0.1, -0.05) is 129 Å². The molecule has 0 N–H and O–H groups in total. The third kappa shape index (κ3) is 23.4. The van der Waals surface area contributed by atoms with Crippen molar-refractivity contribution in [1.82, 2.24) is 0 Å². The molecule has 0 saturated carbocycles. The van der Waals surface area contributed by atoms with Crippen molar-refractivity contribution < 1.29 is 9.53 Å². The maximum absolute atomic E-state index is 11.3. The van der Waals surface area contributed by atoms with Crippen LogP contribution in [0.15, 0.2) is 12.2 Å². The number of carbonyl (C=O) groups excluding carboxylic acids is 1. The van der Waals surface area contributed by atoms with Gasteiger partial charge in [0.1, 0.15) is 0 Å². The number of carbonyl (C=O) groups is 1. The normalized spacial score (nSPS) is 12.5. The zero-order valence-corrected chi connectivity index (χ0v) is 20.2. The molecule has 0 aromatic rings. The van der Waals surface area contributed by atoms with Gasteiger partial charge in [0.25, 0.3) is 0 Å². The smallest absolute Gasteiger partial charge is 0.306 e. The molecule has 0 radical (unpaired) electrons. The van der Waals surface area contributed by atoms with Crippen molar-refractivity contribution in [2.24, 2.45) is 5.92 Å². The van der Waals surface area contributed by atoms with Crippen LogP contribution in [0.4, 0.5) is 0 Å². The maximum atomic E-state index is 11.3. The van der Waals surface area contributed by atoms with Crippen molar-refractivity contribution >= 4 is 5.97 Å². The number of rotatable bonds is 22. The lowest BCUT2D eigenvalue weighted by molar-refractivity contribution is -0.143. The fourth-order valence-corrected chi connectivity index (χ4v) is 3.87. The summed E-state index contributed by atoms with van der Waals surface area (Å²) in [4.78, 5) is 11.3. The molecular weight excluding hydrogens is 356 g/mol. The van der Waals surface area contributed by atoms with E-state index in [1.807, 2.05) is 6.92 Å². The highest BCUT2D eigenvalue weighted by molar-refractivity contribution is 5.69. The van der Waals surface area contributed by atoms with Gasteiger partial charge in [0.15, 0.2) is 0 Å². The highest BCUT2D eigenvalue weighted by Crippen LogP contribution is 2.16. The fourth-order valence-electron chi connectivity index (χ4n) is 3.87. The van der Waals surface area contributed by atoms with E-state index in [2.05, 4.69) is 26.0 Å². The Hall–Kier alpha value is -0.790. The van der Waals surface area contributed by atoms with Crippen LogP contribution in [0.2, 0.25) is 0 Å². The topological polar surface area (TPSA) is 26.3 Å². The second-order valence-corrected chi connectivity index (χ2v) is 8.84. The zero-order chi connectivity index (χ0) is 21.4. The van der Waals surface area contributed by atoms with Crippen LogP contribution in [-0.4, -0.2) is 12.6 Å². The van der Waals surface area contributed by atoms with Crippen LogP contribution in [0.5, 0.6) is 0 Å². The van der Waals surface area contributed by atoms with Gasteiger partial charge in [-0.2, -0.15) is 0 Å². The Labute approximate surface area is 183 Å². The lowest BCUT2D eigenvalue weighted by Gasteiger charge is -2.06. The first-order chi connectivity index (χ1) is 14.2. The fraction of sp³-hybridized carbons (Fsp3) is 0.889. The van der Waals surface area contributed by atoms with Gasteiger partial charge in [0.2, 0.25) is 0 Å². The van der Waals surface area contributed by atoms with E-state index in [9.17, 15) is 4.79 Å². The SMILES string of the molecule is CCCCCCCCCCCCCCCCCCC(C)/C=C/CCC(=O)OCC. The summed E-state index contributed by atoms with van der Waals surface area (Å²) in [5.74, 6) is 0.548. The monoisotopic (exact) mass is 408 g/mol. The maximum Gasteiger partial charge on any atom is 0.306 e. The van der Waals surface area contributed by atoms with Crippen LogP contribution in [0.3, 0.4) is 0 Å². The molecule has 1 atom stereocenters. The summed E-state index contributed by atoms with van der Waals surface area (Å²) in [6, 6.07) is 0. The van der Waals surface area contributed by atoms with Crippen molar-refractivity contribution in [1.29, 1.82) is 0 Å². The molecular formula is C27H52O2. The number of allylic oxidation sites excluding steroid dienone is 2. The molecule has 1 unspecified atom stereocenters. The molecule has 0 rings (SSSR count). The summed E-state index contributed by atoms with van der Waals surface area (Å²) in [7, 11) is 0. The van der Waals surface area contributed by atoms with Gasteiger partial charge in [-0.3, -0.25) is 4.79 Å². The Morgan fingerprint density at radius 1 is 0.724 bits per heavy atom. The van der Waals surface area contributed by atoms with Crippen molar-refractivity contribution in [2.75, 3.05) is 6.61 Å². The van der Waals surface area contributed by atoms with Gasteiger partial charge in [-0.05, 0) is 25.7 Å². The summed E-state index contributed by atoms with van der Waals surface area (Å²) >= 11 is 0. The third-order valence-corrected chi connectivity index (χ3v) is 5.80. The van der Waals surface area contributed by atoms with Crippen LogP contribution in [-0.2, 0) is 9.53 Å².